The number of hydrogen-bond acceptors (Lipinski definition) is 3. The van der Waals surface area contributed by atoms with Crippen LogP contribution in [-0.4, -0.2) is 26.6 Å². The van der Waals surface area contributed by atoms with E-state index < -0.39 is 5.82 Å². The van der Waals surface area contributed by atoms with Crippen molar-refractivity contribution < 1.29 is 9.18 Å². The van der Waals surface area contributed by atoms with E-state index in [2.05, 4.69) is 10.4 Å². The molecule has 2 heterocycles. The maximum absolute atomic E-state index is 13.0. The minimum atomic E-state index is -0.393. The van der Waals surface area contributed by atoms with Gasteiger partial charge < -0.3 is 5.32 Å². The zero-order chi connectivity index (χ0) is 17.8. The van der Waals surface area contributed by atoms with E-state index in [0.717, 1.165) is 5.56 Å². The Hall–Kier alpha value is -2.67. The van der Waals surface area contributed by atoms with Crippen LogP contribution in [0.2, 0.25) is 5.02 Å². The van der Waals surface area contributed by atoms with Crippen LogP contribution in [0.3, 0.4) is 0 Å². The molecule has 1 amide bonds. The van der Waals surface area contributed by atoms with E-state index in [-0.39, 0.29) is 24.6 Å². The zero-order valence-electron chi connectivity index (χ0n) is 13.3. The van der Waals surface area contributed by atoms with Gasteiger partial charge in [0.15, 0.2) is 5.65 Å². The summed E-state index contributed by atoms with van der Waals surface area (Å²) in [5, 5.41) is 7.26. The van der Waals surface area contributed by atoms with Crippen molar-refractivity contribution in [3.8, 4) is 0 Å². The van der Waals surface area contributed by atoms with Crippen LogP contribution in [0.4, 0.5) is 4.39 Å². The van der Waals surface area contributed by atoms with Gasteiger partial charge in [-0.15, -0.1) is 5.10 Å². The number of aryl methyl sites for hydroxylation is 1. The van der Waals surface area contributed by atoms with Crippen molar-refractivity contribution in [2.75, 3.05) is 6.54 Å². The molecular weight excluding hydrogens is 347 g/mol. The Morgan fingerprint density at radius 2 is 2.12 bits per heavy atom. The molecule has 0 unspecified atom stereocenters. The highest BCUT2D eigenvalue weighted by Gasteiger charge is 2.09. The van der Waals surface area contributed by atoms with E-state index in [1.54, 1.807) is 30.5 Å². The Bertz CT molecular complexity index is 967. The van der Waals surface area contributed by atoms with Crippen LogP contribution in [0, 0.1) is 5.82 Å². The first kappa shape index (κ1) is 17.2. The fourth-order valence-corrected chi connectivity index (χ4v) is 2.73. The third-order valence-electron chi connectivity index (χ3n) is 3.77. The molecule has 25 heavy (non-hydrogen) atoms. The number of nitrogens with zero attached hydrogens (tertiary/aromatic N) is 3. The highest BCUT2D eigenvalue weighted by molar-refractivity contribution is 6.31. The van der Waals surface area contributed by atoms with Crippen molar-refractivity contribution in [1.82, 2.24) is 19.5 Å². The summed E-state index contributed by atoms with van der Waals surface area (Å²) in [6.45, 7) is 0.577. The summed E-state index contributed by atoms with van der Waals surface area (Å²) < 4.78 is 15.7. The lowest BCUT2D eigenvalue weighted by molar-refractivity contribution is -0.121. The number of halogens is 2. The average Bonchev–Trinajstić information content (AvgIpc) is 2.91. The highest BCUT2D eigenvalue weighted by Crippen LogP contribution is 2.17. The molecule has 0 saturated heterocycles. The zero-order valence-corrected chi connectivity index (χ0v) is 14.0. The summed E-state index contributed by atoms with van der Waals surface area (Å²) in [6.07, 6.45) is 2.27. The molecule has 3 aromatic rings. The number of amides is 1. The van der Waals surface area contributed by atoms with Gasteiger partial charge in [0, 0.05) is 24.2 Å². The van der Waals surface area contributed by atoms with Crippen LogP contribution in [0.1, 0.15) is 12.0 Å². The lowest BCUT2D eigenvalue weighted by atomic mass is 10.1. The Morgan fingerprint density at radius 1 is 1.28 bits per heavy atom. The van der Waals surface area contributed by atoms with E-state index in [0.29, 0.717) is 23.6 Å². The summed E-state index contributed by atoms with van der Waals surface area (Å²) in [4.78, 5) is 24.0. The highest BCUT2D eigenvalue weighted by atomic mass is 35.5. The summed E-state index contributed by atoms with van der Waals surface area (Å²) in [6, 6.07) is 9.44. The largest absolute Gasteiger partial charge is 0.356 e. The smallest absolute Gasteiger partial charge is 0.350 e. The fraction of sp³-hybridized carbons (Fsp3) is 0.235. The lowest BCUT2D eigenvalue weighted by Gasteiger charge is -2.07. The van der Waals surface area contributed by atoms with Gasteiger partial charge in [0.05, 0.1) is 6.54 Å². The van der Waals surface area contributed by atoms with E-state index in [9.17, 15) is 14.0 Å². The Kier molecular flexibility index (Phi) is 5.14. The van der Waals surface area contributed by atoms with Gasteiger partial charge in [-0.2, -0.15) is 0 Å². The van der Waals surface area contributed by atoms with Crippen LogP contribution in [0.5, 0.6) is 0 Å². The minimum Gasteiger partial charge on any atom is -0.356 e. The molecule has 0 aliphatic heterocycles. The lowest BCUT2D eigenvalue weighted by Crippen LogP contribution is -2.29. The second-order valence-electron chi connectivity index (χ2n) is 5.52. The topological polar surface area (TPSA) is 68.4 Å². The molecule has 0 radical (unpaired) electrons. The van der Waals surface area contributed by atoms with Gasteiger partial charge >= 0.3 is 5.69 Å². The Labute approximate surface area is 147 Å². The second-order valence-corrected chi connectivity index (χ2v) is 5.93. The molecular formula is C17H16ClFN4O2. The molecule has 1 aromatic carbocycles. The Balaban J connectivity index is 1.51. The van der Waals surface area contributed by atoms with E-state index in [1.807, 2.05) is 0 Å². The summed E-state index contributed by atoms with van der Waals surface area (Å²) in [5.41, 5.74) is 1.03. The number of fused-ring (bicyclic) bond motifs is 1. The molecule has 0 spiro atoms. The van der Waals surface area contributed by atoms with Crippen LogP contribution >= 0.6 is 11.6 Å². The number of pyridine rings is 1. The van der Waals surface area contributed by atoms with Crippen LogP contribution in [0.25, 0.3) is 5.65 Å². The molecule has 0 atom stereocenters. The molecule has 0 fully saturated rings. The number of benzene rings is 1. The number of nitrogens with one attached hydrogen (secondary N) is 1. The summed E-state index contributed by atoms with van der Waals surface area (Å²) in [7, 11) is 0. The van der Waals surface area contributed by atoms with Crippen LogP contribution < -0.4 is 11.0 Å². The summed E-state index contributed by atoms with van der Waals surface area (Å²) in [5.74, 6) is -0.585. The van der Waals surface area contributed by atoms with Crippen molar-refractivity contribution in [3.05, 3.63) is 69.5 Å². The van der Waals surface area contributed by atoms with Gasteiger partial charge in [0.1, 0.15) is 5.82 Å². The molecule has 2 aromatic heterocycles. The van der Waals surface area contributed by atoms with Crippen LogP contribution in [-0.2, 0) is 17.8 Å². The van der Waals surface area contributed by atoms with Gasteiger partial charge in [-0.3, -0.25) is 9.20 Å². The van der Waals surface area contributed by atoms with Gasteiger partial charge in [-0.25, -0.2) is 13.9 Å². The van der Waals surface area contributed by atoms with Crippen molar-refractivity contribution in [3.63, 3.8) is 0 Å². The fourth-order valence-electron chi connectivity index (χ4n) is 2.47. The third kappa shape index (κ3) is 4.06. The monoisotopic (exact) mass is 362 g/mol. The minimum absolute atomic E-state index is 0.140. The normalized spacial score (nSPS) is 11.0. The third-order valence-corrected chi connectivity index (χ3v) is 4.12. The predicted octanol–water partition coefficient (Wildman–Crippen LogP) is 2.04. The molecule has 1 N–H and O–H groups in total. The van der Waals surface area contributed by atoms with Gasteiger partial charge in [0.25, 0.3) is 0 Å². The van der Waals surface area contributed by atoms with Crippen LogP contribution in [0.15, 0.2) is 47.4 Å². The first-order chi connectivity index (χ1) is 12.0. The number of aromatic nitrogens is 3. The van der Waals surface area contributed by atoms with Crippen molar-refractivity contribution >= 4 is 23.2 Å². The van der Waals surface area contributed by atoms with Gasteiger partial charge in [0.2, 0.25) is 5.91 Å². The molecule has 130 valence electrons. The Morgan fingerprint density at radius 3 is 2.88 bits per heavy atom. The van der Waals surface area contributed by atoms with Gasteiger partial charge in [-0.1, -0.05) is 23.7 Å². The van der Waals surface area contributed by atoms with Crippen molar-refractivity contribution in [2.45, 2.75) is 19.4 Å². The van der Waals surface area contributed by atoms with Gasteiger partial charge in [-0.05, 0) is 36.2 Å². The first-order valence-corrected chi connectivity index (χ1v) is 8.17. The molecule has 0 aliphatic rings. The van der Waals surface area contributed by atoms with E-state index in [4.69, 9.17) is 11.6 Å². The average molecular weight is 363 g/mol. The maximum atomic E-state index is 13.0. The van der Waals surface area contributed by atoms with Crippen molar-refractivity contribution in [1.29, 1.82) is 0 Å². The molecule has 6 nitrogen and oxygen atoms in total. The SMILES string of the molecule is O=C(CCn1nc2ccccn2c1=O)NCCc1ccc(F)cc1Cl. The number of rotatable bonds is 6. The second kappa shape index (κ2) is 7.48. The first-order valence-electron chi connectivity index (χ1n) is 7.79. The molecule has 0 saturated carbocycles. The number of carbonyl (C=O) groups is 1. The van der Waals surface area contributed by atoms with E-state index >= 15 is 0 Å². The molecule has 0 aliphatic carbocycles. The molecule has 3 rings (SSSR count). The predicted molar refractivity (Wildman–Crippen MR) is 92.2 cm³/mol. The standard InChI is InChI=1S/C17H16ClFN4O2/c18-14-11-13(19)5-4-12(14)6-8-20-16(24)7-10-23-17(25)22-9-2-1-3-15(22)21-23/h1-5,9,11H,6-8,10H2,(H,20,24). The van der Waals surface area contributed by atoms with E-state index in [1.165, 1.54) is 21.2 Å². The molecule has 8 heteroatoms. The van der Waals surface area contributed by atoms with Crippen molar-refractivity contribution in [2.24, 2.45) is 0 Å². The molecule has 0 bridgehead atoms. The summed E-state index contributed by atoms with van der Waals surface area (Å²) >= 11 is 5.94. The number of carbonyl (C=O) groups excluding carboxylic acids is 1. The maximum Gasteiger partial charge on any atom is 0.350 e. The number of hydrogen-bond donors (Lipinski definition) is 1. The quantitative estimate of drug-likeness (QED) is 0.729.